The molecule has 0 bridgehead atoms. The van der Waals surface area contributed by atoms with Crippen LogP contribution in [0.5, 0.6) is 0 Å². The highest BCUT2D eigenvalue weighted by Gasteiger charge is 2.11. The standard InChI is InChI=1S/C9H9NO3/c1-13-9(12)7-4-2-3-6(5-11)8(7)10/h2-5H,10H2,1H3. The number of hydrogen-bond acceptors (Lipinski definition) is 4. The van der Waals surface area contributed by atoms with E-state index in [-0.39, 0.29) is 11.3 Å². The van der Waals surface area contributed by atoms with Crippen LogP contribution in [-0.2, 0) is 4.74 Å². The van der Waals surface area contributed by atoms with Gasteiger partial charge in [-0.15, -0.1) is 0 Å². The lowest BCUT2D eigenvalue weighted by atomic mass is 10.1. The Labute approximate surface area is 75.3 Å². The molecular formula is C9H9NO3. The van der Waals surface area contributed by atoms with Crippen LogP contribution in [0.4, 0.5) is 5.69 Å². The number of carbonyl (C=O) groups excluding carboxylic acids is 2. The van der Waals surface area contributed by atoms with Gasteiger partial charge in [0.15, 0.2) is 6.29 Å². The first-order valence-corrected chi connectivity index (χ1v) is 3.62. The number of anilines is 1. The number of nitrogen functional groups attached to an aromatic ring is 1. The first-order valence-electron chi connectivity index (χ1n) is 3.62. The van der Waals surface area contributed by atoms with E-state index in [0.717, 1.165) is 0 Å². The number of ether oxygens (including phenoxy) is 1. The SMILES string of the molecule is COC(=O)c1cccc(C=O)c1N. The highest BCUT2D eigenvalue weighted by Crippen LogP contribution is 2.16. The van der Waals surface area contributed by atoms with E-state index in [4.69, 9.17) is 5.73 Å². The lowest BCUT2D eigenvalue weighted by molar-refractivity contribution is 0.0602. The zero-order valence-corrected chi connectivity index (χ0v) is 7.11. The average molecular weight is 179 g/mol. The summed E-state index contributed by atoms with van der Waals surface area (Å²) in [5.74, 6) is -0.541. The van der Waals surface area contributed by atoms with E-state index in [1.54, 1.807) is 6.07 Å². The van der Waals surface area contributed by atoms with Gasteiger partial charge in [-0.05, 0) is 12.1 Å². The molecule has 2 N–H and O–H groups in total. The van der Waals surface area contributed by atoms with Crippen molar-refractivity contribution >= 4 is 17.9 Å². The number of methoxy groups -OCH3 is 1. The molecule has 1 aromatic carbocycles. The van der Waals surface area contributed by atoms with Crippen LogP contribution in [0.1, 0.15) is 20.7 Å². The number of hydrogen-bond donors (Lipinski definition) is 1. The van der Waals surface area contributed by atoms with E-state index in [0.29, 0.717) is 11.8 Å². The van der Waals surface area contributed by atoms with Crippen molar-refractivity contribution in [1.82, 2.24) is 0 Å². The maximum Gasteiger partial charge on any atom is 0.339 e. The second-order valence-corrected chi connectivity index (χ2v) is 2.42. The lowest BCUT2D eigenvalue weighted by Crippen LogP contribution is -2.07. The van der Waals surface area contributed by atoms with Gasteiger partial charge in [0, 0.05) is 5.56 Å². The molecule has 1 rings (SSSR count). The van der Waals surface area contributed by atoms with Crippen LogP contribution in [0, 0.1) is 0 Å². The maximum absolute atomic E-state index is 11.1. The number of esters is 1. The largest absolute Gasteiger partial charge is 0.465 e. The Morgan fingerprint density at radius 3 is 2.77 bits per heavy atom. The van der Waals surface area contributed by atoms with Gasteiger partial charge in [0.2, 0.25) is 0 Å². The molecule has 0 atom stereocenters. The van der Waals surface area contributed by atoms with Crippen LogP contribution < -0.4 is 5.73 Å². The molecule has 0 fully saturated rings. The van der Waals surface area contributed by atoms with Crippen LogP contribution in [0.15, 0.2) is 18.2 Å². The molecule has 0 heterocycles. The Hall–Kier alpha value is -1.84. The Balaban J connectivity index is 3.23. The second-order valence-electron chi connectivity index (χ2n) is 2.42. The van der Waals surface area contributed by atoms with Crippen LogP contribution in [0.3, 0.4) is 0 Å². The fraction of sp³-hybridized carbons (Fsp3) is 0.111. The third-order valence-corrected chi connectivity index (χ3v) is 1.67. The van der Waals surface area contributed by atoms with Gasteiger partial charge in [-0.1, -0.05) is 6.07 Å². The van der Waals surface area contributed by atoms with Gasteiger partial charge in [0.05, 0.1) is 18.4 Å². The van der Waals surface area contributed by atoms with Crippen molar-refractivity contribution in [1.29, 1.82) is 0 Å². The van der Waals surface area contributed by atoms with Crippen molar-refractivity contribution in [3.05, 3.63) is 29.3 Å². The normalized spacial score (nSPS) is 9.31. The molecule has 0 aliphatic heterocycles. The van der Waals surface area contributed by atoms with Crippen molar-refractivity contribution in [2.45, 2.75) is 0 Å². The van der Waals surface area contributed by atoms with Crippen LogP contribution in [0.2, 0.25) is 0 Å². The van der Waals surface area contributed by atoms with Crippen molar-refractivity contribution in [3.8, 4) is 0 Å². The predicted octanol–water partition coefficient (Wildman–Crippen LogP) is 0.868. The topological polar surface area (TPSA) is 69.4 Å². The van der Waals surface area contributed by atoms with Gasteiger partial charge in [-0.2, -0.15) is 0 Å². The Morgan fingerprint density at radius 1 is 1.54 bits per heavy atom. The van der Waals surface area contributed by atoms with Crippen molar-refractivity contribution in [2.24, 2.45) is 0 Å². The zero-order valence-electron chi connectivity index (χ0n) is 7.11. The number of nitrogens with two attached hydrogens (primary N) is 1. The molecule has 4 nitrogen and oxygen atoms in total. The molecule has 0 saturated carbocycles. The number of para-hydroxylation sites is 1. The minimum atomic E-state index is -0.541. The summed E-state index contributed by atoms with van der Waals surface area (Å²) in [5.41, 5.74) is 6.20. The van der Waals surface area contributed by atoms with Gasteiger partial charge in [-0.3, -0.25) is 4.79 Å². The molecule has 0 amide bonds. The molecule has 0 aliphatic carbocycles. The molecule has 68 valence electrons. The van der Waals surface area contributed by atoms with E-state index >= 15 is 0 Å². The Kier molecular flexibility index (Phi) is 2.64. The van der Waals surface area contributed by atoms with Gasteiger partial charge in [-0.25, -0.2) is 4.79 Å². The van der Waals surface area contributed by atoms with E-state index in [2.05, 4.69) is 4.74 Å². The van der Waals surface area contributed by atoms with Crippen LogP contribution in [-0.4, -0.2) is 19.4 Å². The Bertz CT molecular complexity index is 347. The number of carbonyl (C=O) groups is 2. The summed E-state index contributed by atoms with van der Waals surface area (Å²) in [6.07, 6.45) is 0.599. The fourth-order valence-electron chi connectivity index (χ4n) is 0.974. The highest BCUT2D eigenvalue weighted by molar-refractivity contribution is 5.99. The minimum Gasteiger partial charge on any atom is -0.465 e. The maximum atomic E-state index is 11.1. The fourth-order valence-corrected chi connectivity index (χ4v) is 0.974. The van der Waals surface area contributed by atoms with Crippen molar-refractivity contribution in [3.63, 3.8) is 0 Å². The molecule has 4 heteroatoms. The number of aldehydes is 1. The molecule has 0 radical (unpaired) electrons. The number of benzene rings is 1. The van der Waals surface area contributed by atoms with E-state index in [9.17, 15) is 9.59 Å². The zero-order chi connectivity index (χ0) is 9.84. The summed E-state index contributed by atoms with van der Waals surface area (Å²) in [6, 6.07) is 4.62. The Morgan fingerprint density at radius 2 is 2.23 bits per heavy atom. The second kappa shape index (κ2) is 3.71. The summed E-state index contributed by atoms with van der Waals surface area (Å²) >= 11 is 0. The van der Waals surface area contributed by atoms with Crippen LogP contribution in [0.25, 0.3) is 0 Å². The summed E-state index contributed by atoms with van der Waals surface area (Å²) in [5, 5.41) is 0. The summed E-state index contributed by atoms with van der Waals surface area (Å²) in [6.45, 7) is 0. The van der Waals surface area contributed by atoms with Gasteiger partial charge in [0.25, 0.3) is 0 Å². The van der Waals surface area contributed by atoms with Crippen molar-refractivity contribution in [2.75, 3.05) is 12.8 Å². The van der Waals surface area contributed by atoms with E-state index in [1.165, 1.54) is 19.2 Å². The third kappa shape index (κ3) is 1.66. The first-order chi connectivity index (χ1) is 6.20. The molecule has 0 unspecified atom stereocenters. The van der Waals surface area contributed by atoms with Gasteiger partial charge in [0.1, 0.15) is 0 Å². The molecule has 0 aliphatic rings. The van der Waals surface area contributed by atoms with Crippen molar-refractivity contribution < 1.29 is 14.3 Å². The molecule has 1 aromatic rings. The monoisotopic (exact) mass is 179 g/mol. The molecule has 13 heavy (non-hydrogen) atoms. The molecular weight excluding hydrogens is 170 g/mol. The third-order valence-electron chi connectivity index (χ3n) is 1.67. The summed E-state index contributed by atoms with van der Waals surface area (Å²) < 4.78 is 4.48. The quantitative estimate of drug-likeness (QED) is 0.415. The molecule has 0 spiro atoms. The lowest BCUT2D eigenvalue weighted by Gasteiger charge is -2.04. The summed E-state index contributed by atoms with van der Waals surface area (Å²) in [4.78, 5) is 21.5. The van der Waals surface area contributed by atoms with Gasteiger partial charge >= 0.3 is 5.97 Å². The summed E-state index contributed by atoms with van der Waals surface area (Å²) in [7, 11) is 1.26. The van der Waals surface area contributed by atoms with Crippen LogP contribution >= 0.6 is 0 Å². The number of rotatable bonds is 2. The van der Waals surface area contributed by atoms with E-state index < -0.39 is 5.97 Å². The predicted molar refractivity (Wildman–Crippen MR) is 47.6 cm³/mol. The first kappa shape index (κ1) is 9.25. The minimum absolute atomic E-state index is 0.157. The highest BCUT2D eigenvalue weighted by atomic mass is 16.5. The van der Waals surface area contributed by atoms with Gasteiger partial charge < -0.3 is 10.5 Å². The molecule has 0 saturated heterocycles. The average Bonchev–Trinajstić information content (AvgIpc) is 2.17. The smallest absolute Gasteiger partial charge is 0.339 e. The molecule has 0 aromatic heterocycles. The van der Waals surface area contributed by atoms with E-state index in [1.807, 2.05) is 0 Å².